The summed E-state index contributed by atoms with van der Waals surface area (Å²) in [5, 5.41) is 4.94. The molecular weight excluding hydrogens is 272 g/mol. The van der Waals surface area contributed by atoms with E-state index in [1.807, 2.05) is 25.7 Å². The van der Waals surface area contributed by atoms with Gasteiger partial charge in [-0.3, -0.25) is 0 Å². The second-order valence-corrected chi connectivity index (χ2v) is 8.38. The van der Waals surface area contributed by atoms with Gasteiger partial charge in [0.05, 0.1) is 0 Å². The third-order valence-electron chi connectivity index (χ3n) is 3.73. The summed E-state index contributed by atoms with van der Waals surface area (Å²) in [5.41, 5.74) is -0.392. The highest BCUT2D eigenvalue weighted by molar-refractivity contribution is 8.00. The van der Waals surface area contributed by atoms with Crippen LogP contribution in [0.4, 0.5) is 4.79 Å². The lowest BCUT2D eigenvalue weighted by atomic mass is 10.1. The van der Waals surface area contributed by atoms with Gasteiger partial charge in [-0.05, 0) is 53.0 Å². The highest BCUT2D eigenvalue weighted by Crippen LogP contribution is 2.30. The number of carbonyl (C=O) groups excluding carboxylic acids is 1. The Kier molecular flexibility index (Phi) is 5.61. The van der Waals surface area contributed by atoms with Crippen molar-refractivity contribution in [2.45, 2.75) is 62.6 Å². The van der Waals surface area contributed by atoms with Crippen LogP contribution in [0.5, 0.6) is 0 Å². The molecular formula is C15H28N2O2S. The van der Waals surface area contributed by atoms with Gasteiger partial charge in [-0.1, -0.05) is 0 Å². The molecule has 0 bridgehead atoms. The van der Waals surface area contributed by atoms with Crippen molar-refractivity contribution >= 4 is 17.9 Å². The summed E-state index contributed by atoms with van der Waals surface area (Å²) in [6, 6.07) is 0. The third-order valence-corrected chi connectivity index (χ3v) is 5.37. The van der Waals surface area contributed by atoms with Gasteiger partial charge in [0.2, 0.25) is 0 Å². The Bertz CT molecular complexity index is 316. The first-order chi connectivity index (χ1) is 9.44. The summed E-state index contributed by atoms with van der Waals surface area (Å²) in [7, 11) is 0. The minimum atomic E-state index is -0.392. The Labute approximate surface area is 127 Å². The number of rotatable bonds is 2. The standard InChI is InChI=1S/C15H28N2O2S/c1-15(2,3)19-14(18)17-9-6-12(7-10-17)20-13-5-4-8-16-11-13/h12-13,16H,4-11H2,1-3H3. The fourth-order valence-corrected chi connectivity index (χ4v) is 4.25. The van der Waals surface area contributed by atoms with Crippen LogP contribution in [-0.2, 0) is 4.74 Å². The molecule has 2 aliphatic rings. The lowest BCUT2D eigenvalue weighted by Gasteiger charge is -2.35. The smallest absolute Gasteiger partial charge is 0.410 e. The lowest BCUT2D eigenvalue weighted by molar-refractivity contribution is 0.0219. The number of likely N-dealkylation sites (tertiary alicyclic amines) is 1. The Balaban J connectivity index is 1.70. The van der Waals surface area contributed by atoms with Crippen LogP contribution in [0.15, 0.2) is 0 Å². The van der Waals surface area contributed by atoms with Crippen molar-refractivity contribution in [3.8, 4) is 0 Å². The molecule has 0 aromatic carbocycles. The molecule has 2 aliphatic heterocycles. The quantitative estimate of drug-likeness (QED) is 0.851. The molecule has 1 N–H and O–H groups in total. The minimum Gasteiger partial charge on any atom is -0.444 e. The van der Waals surface area contributed by atoms with Crippen molar-refractivity contribution < 1.29 is 9.53 Å². The zero-order valence-corrected chi connectivity index (χ0v) is 13.8. The second-order valence-electron chi connectivity index (χ2n) is 6.77. The summed E-state index contributed by atoms with van der Waals surface area (Å²) in [5.74, 6) is 0. The van der Waals surface area contributed by atoms with Gasteiger partial charge in [0.15, 0.2) is 0 Å². The zero-order valence-electron chi connectivity index (χ0n) is 13.0. The summed E-state index contributed by atoms with van der Waals surface area (Å²) in [6.45, 7) is 9.77. The number of nitrogens with one attached hydrogen (secondary N) is 1. The Morgan fingerprint density at radius 3 is 2.45 bits per heavy atom. The molecule has 1 amide bonds. The van der Waals surface area contributed by atoms with Crippen LogP contribution in [-0.4, -0.2) is 53.3 Å². The van der Waals surface area contributed by atoms with E-state index in [4.69, 9.17) is 4.74 Å². The summed E-state index contributed by atoms with van der Waals surface area (Å²) < 4.78 is 5.43. The highest BCUT2D eigenvalue weighted by atomic mass is 32.2. The van der Waals surface area contributed by atoms with Gasteiger partial charge >= 0.3 is 6.09 Å². The van der Waals surface area contributed by atoms with Gasteiger partial charge in [-0.2, -0.15) is 11.8 Å². The summed E-state index contributed by atoms with van der Waals surface area (Å²) >= 11 is 2.13. The van der Waals surface area contributed by atoms with Crippen molar-refractivity contribution in [2.75, 3.05) is 26.2 Å². The van der Waals surface area contributed by atoms with E-state index >= 15 is 0 Å². The molecule has 0 saturated carbocycles. The molecule has 1 unspecified atom stereocenters. The predicted octanol–water partition coefficient (Wildman–Crippen LogP) is 2.87. The monoisotopic (exact) mass is 300 g/mol. The van der Waals surface area contributed by atoms with Gasteiger partial charge in [-0.25, -0.2) is 4.79 Å². The van der Waals surface area contributed by atoms with Crippen LogP contribution in [0.25, 0.3) is 0 Å². The van der Waals surface area contributed by atoms with Crippen LogP contribution in [0.1, 0.15) is 46.5 Å². The van der Waals surface area contributed by atoms with Crippen molar-refractivity contribution in [3.05, 3.63) is 0 Å². The first-order valence-electron chi connectivity index (χ1n) is 7.78. The van der Waals surface area contributed by atoms with E-state index in [1.54, 1.807) is 0 Å². The predicted molar refractivity (Wildman–Crippen MR) is 84.3 cm³/mol. The highest BCUT2D eigenvalue weighted by Gasteiger charge is 2.28. The van der Waals surface area contributed by atoms with E-state index in [9.17, 15) is 4.79 Å². The van der Waals surface area contributed by atoms with Crippen molar-refractivity contribution in [1.29, 1.82) is 0 Å². The van der Waals surface area contributed by atoms with Gasteiger partial charge in [0.1, 0.15) is 5.60 Å². The Morgan fingerprint density at radius 1 is 1.20 bits per heavy atom. The third kappa shape index (κ3) is 5.17. The van der Waals surface area contributed by atoms with E-state index in [-0.39, 0.29) is 6.09 Å². The number of hydrogen-bond acceptors (Lipinski definition) is 4. The largest absolute Gasteiger partial charge is 0.444 e. The SMILES string of the molecule is CC(C)(C)OC(=O)N1CCC(SC2CCCNC2)CC1. The lowest BCUT2D eigenvalue weighted by Crippen LogP contribution is -2.43. The Morgan fingerprint density at radius 2 is 1.90 bits per heavy atom. The number of nitrogens with zero attached hydrogens (tertiary/aromatic N) is 1. The van der Waals surface area contributed by atoms with Crippen molar-refractivity contribution in [3.63, 3.8) is 0 Å². The summed E-state index contributed by atoms with van der Waals surface area (Å²) in [6.07, 6.45) is 4.68. The number of thioether (sulfide) groups is 1. The first kappa shape index (κ1) is 16.0. The molecule has 0 aromatic rings. The van der Waals surface area contributed by atoms with E-state index in [0.717, 1.165) is 37.7 Å². The van der Waals surface area contributed by atoms with Gasteiger partial charge in [-0.15, -0.1) is 0 Å². The minimum absolute atomic E-state index is 0.153. The molecule has 116 valence electrons. The maximum absolute atomic E-state index is 12.0. The summed E-state index contributed by atoms with van der Waals surface area (Å²) in [4.78, 5) is 13.9. The zero-order chi connectivity index (χ0) is 14.6. The average Bonchev–Trinajstić information content (AvgIpc) is 2.39. The second kappa shape index (κ2) is 7.03. The number of ether oxygens (including phenoxy) is 1. The molecule has 0 spiro atoms. The Hall–Kier alpha value is -0.420. The molecule has 0 aromatic heterocycles. The van der Waals surface area contributed by atoms with Crippen molar-refractivity contribution in [2.24, 2.45) is 0 Å². The number of piperidine rings is 2. The van der Waals surface area contributed by atoms with Crippen LogP contribution in [0.2, 0.25) is 0 Å². The van der Waals surface area contributed by atoms with Gasteiger partial charge in [0, 0.05) is 30.1 Å². The molecule has 0 aliphatic carbocycles. The van der Waals surface area contributed by atoms with Crippen LogP contribution in [0.3, 0.4) is 0 Å². The number of amides is 1. The van der Waals surface area contributed by atoms with Crippen LogP contribution in [0, 0.1) is 0 Å². The molecule has 2 rings (SSSR count). The molecule has 20 heavy (non-hydrogen) atoms. The fourth-order valence-electron chi connectivity index (χ4n) is 2.71. The van der Waals surface area contributed by atoms with E-state index in [1.165, 1.54) is 19.4 Å². The van der Waals surface area contributed by atoms with Gasteiger partial charge in [0.25, 0.3) is 0 Å². The van der Waals surface area contributed by atoms with E-state index < -0.39 is 5.60 Å². The number of hydrogen-bond donors (Lipinski definition) is 1. The molecule has 2 fully saturated rings. The van der Waals surface area contributed by atoms with Gasteiger partial charge < -0.3 is 15.0 Å². The normalized spacial score (nSPS) is 25.6. The van der Waals surface area contributed by atoms with Crippen LogP contribution >= 0.6 is 11.8 Å². The molecule has 2 heterocycles. The average molecular weight is 300 g/mol. The van der Waals surface area contributed by atoms with E-state index in [2.05, 4.69) is 17.1 Å². The molecule has 1 atom stereocenters. The molecule has 0 radical (unpaired) electrons. The van der Waals surface area contributed by atoms with Crippen LogP contribution < -0.4 is 5.32 Å². The maximum Gasteiger partial charge on any atom is 0.410 e. The molecule has 2 saturated heterocycles. The first-order valence-corrected chi connectivity index (χ1v) is 8.72. The van der Waals surface area contributed by atoms with E-state index in [0.29, 0.717) is 5.25 Å². The molecule has 4 nitrogen and oxygen atoms in total. The fraction of sp³-hybridized carbons (Fsp3) is 0.933. The number of carbonyl (C=O) groups is 1. The van der Waals surface area contributed by atoms with Crippen molar-refractivity contribution in [1.82, 2.24) is 10.2 Å². The topological polar surface area (TPSA) is 41.6 Å². The molecule has 5 heteroatoms. The maximum atomic E-state index is 12.0.